The van der Waals surface area contributed by atoms with E-state index in [9.17, 15) is 26.7 Å². The summed E-state index contributed by atoms with van der Waals surface area (Å²) in [5, 5.41) is 11.5. The number of aliphatic hydroxyl groups is 1. The van der Waals surface area contributed by atoms with Crippen molar-refractivity contribution in [2.24, 2.45) is 5.92 Å². The molecule has 3 atom stereocenters. The Labute approximate surface area is 250 Å². The molecule has 14 heteroatoms. The Morgan fingerprint density at radius 3 is 2.50 bits per heavy atom. The van der Waals surface area contributed by atoms with Gasteiger partial charge in [-0.1, -0.05) is 13.0 Å². The Morgan fingerprint density at radius 2 is 1.88 bits per heavy atom. The first-order valence-corrected chi connectivity index (χ1v) is 17.0. The van der Waals surface area contributed by atoms with Gasteiger partial charge < -0.3 is 19.5 Å². The molecule has 2 N–H and O–H groups in total. The first kappa shape index (κ1) is 31.8. The van der Waals surface area contributed by atoms with Gasteiger partial charge in [0.15, 0.2) is 0 Å². The molecule has 42 heavy (non-hydrogen) atoms. The van der Waals surface area contributed by atoms with Crippen molar-refractivity contribution in [1.82, 2.24) is 9.21 Å². The zero-order chi connectivity index (χ0) is 30.7. The maximum Gasteiger partial charge on any atom is 0.271 e. The number of fused-ring (bicyclic) bond motifs is 1. The molecule has 3 aromatic rings. The SMILES string of the molecule is COc1ccc(S(=O)(=O)N(C)C[C@@H]2Oc3ccc(NS(=O)(=O)c4cccs4)cc3CC(=O)N([C@H](C)CO)C[C@H]2C)cc1. The van der Waals surface area contributed by atoms with Gasteiger partial charge in [0.1, 0.15) is 21.8 Å². The summed E-state index contributed by atoms with van der Waals surface area (Å²) in [5.74, 6) is 0.264. The first-order valence-electron chi connectivity index (χ1n) is 13.2. The minimum Gasteiger partial charge on any atom is -0.497 e. The number of nitrogens with one attached hydrogen (secondary N) is 1. The monoisotopic (exact) mass is 637 g/mol. The molecule has 228 valence electrons. The van der Waals surface area contributed by atoms with Gasteiger partial charge in [-0.2, -0.15) is 4.31 Å². The fraction of sp³-hybridized carbons (Fsp3) is 0.393. The van der Waals surface area contributed by atoms with E-state index >= 15 is 0 Å². The summed E-state index contributed by atoms with van der Waals surface area (Å²) in [6, 6.07) is 13.4. The average Bonchev–Trinajstić information content (AvgIpc) is 3.53. The topological polar surface area (TPSA) is 143 Å². The van der Waals surface area contributed by atoms with Gasteiger partial charge in [0, 0.05) is 30.8 Å². The summed E-state index contributed by atoms with van der Waals surface area (Å²) in [6.45, 7) is 3.51. The van der Waals surface area contributed by atoms with E-state index in [0.29, 0.717) is 17.1 Å². The van der Waals surface area contributed by atoms with Crippen LogP contribution in [0.3, 0.4) is 0 Å². The first-order chi connectivity index (χ1) is 19.8. The zero-order valence-corrected chi connectivity index (χ0v) is 26.2. The third-order valence-electron chi connectivity index (χ3n) is 7.13. The molecule has 1 aromatic heterocycles. The number of sulfonamides is 2. The van der Waals surface area contributed by atoms with Gasteiger partial charge in [0.05, 0.1) is 37.6 Å². The van der Waals surface area contributed by atoms with Crippen LogP contribution in [0.4, 0.5) is 5.69 Å². The number of thiophene rings is 1. The number of aliphatic hydroxyl groups excluding tert-OH is 1. The van der Waals surface area contributed by atoms with E-state index in [-0.39, 0.29) is 52.7 Å². The van der Waals surface area contributed by atoms with E-state index < -0.39 is 32.2 Å². The molecule has 0 saturated heterocycles. The maximum absolute atomic E-state index is 13.4. The van der Waals surface area contributed by atoms with Crippen LogP contribution in [0.15, 0.2) is 69.1 Å². The zero-order valence-electron chi connectivity index (χ0n) is 23.8. The molecular weight excluding hydrogens is 603 g/mol. The van der Waals surface area contributed by atoms with Crippen molar-refractivity contribution in [1.29, 1.82) is 0 Å². The highest BCUT2D eigenvalue weighted by Crippen LogP contribution is 2.31. The van der Waals surface area contributed by atoms with Crippen molar-refractivity contribution in [2.45, 2.75) is 41.5 Å². The van der Waals surface area contributed by atoms with Crippen LogP contribution >= 0.6 is 11.3 Å². The van der Waals surface area contributed by atoms with E-state index in [1.54, 1.807) is 53.6 Å². The van der Waals surface area contributed by atoms with Crippen molar-refractivity contribution < 1.29 is 36.2 Å². The number of amides is 1. The molecule has 2 aromatic carbocycles. The van der Waals surface area contributed by atoms with Gasteiger partial charge >= 0.3 is 0 Å². The number of methoxy groups -OCH3 is 1. The molecule has 2 heterocycles. The second-order valence-corrected chi connectivity index (χ2v) is 15.1. The molecule has 1 aliphatic heterocycles. The quantitative estimate of drug-likeness (QED) is 0.346. The number of benzene rings is 2. The minimum absolute atomic E-state index is 0.0305. The number of nitrogens with zero attached hydrogens (tertiary/aromatic N) is 2. The van der Waals surface area contributed by atoms with Crippen molar-refractivity contribution in [3.05, 3.63) is 65.5 Å². The van der Waals surface area contributed by atoms with E-state index in [4.69, 9.17) is 9.47 Å². The molecule has 0 aliphatic carbocycles. The Hall–Kier alpha value is -3.17. The van der Waals surface area contributed by atoms with Gasteiger partial charge in [-0.05, 0) is 60.8 Å². The molecular formula is C28H35N3O8S3. The number of hydrogen-bond donors (Lipinski definition) is 2. The van der Waals surface area contributed by atoms with E-state index in [0.717, 1.165) is 11.3 Å². The summed E-state index contributed by atoms with van der Waals surface area (Å²) in [4.78, 5) is 15.1. The number of carbonyl (C=O) groups excluding carboxylic acids is 1. The summed E-state index contributed by atoms with van der Waals surface area (Å²) in [7, 11) is -4.75. The smallest absolute Gasteiger partial charge is 0.271 e. The lowest BCUT2D eigenvalue weighted by Gasteiger charge is -2.33. The van der Waals surface area contributed by atoms with Crippen LogP contribution in [0.1, 0.15) is 19.4 Å². The molecule has 0 fully saturated rings. The number of rotatable bonds is 10. The van der Waals surface area contributed by atoms with Gasteiger partial charge in [-0.25, -0.2) is 16.8 Å². The summed E-state index contributed by atoms with van der Waals surface area (Å²) >= 11 is 1.08. The normalized spacial score (nSPS) is 18.8. The second-order valence-electron chi connectivity index (χ2n) is 10.2. The number of hydrogen-bond acceptors (Lipinski definition) is 9. The third-order valence-corrected chi connectivity index (χ3v) is 11.7. The highest BCUT2D eigenvalue weighted by Gasteiger charge is 2.33. The van der Waals surface area contributed by atoms with Gasteiger partial charge in [0.2, 0.25) is 15.9 Å². The maximum atomic E-state index is 13.4. The molecule has 0 radical (unpaired) electrons. The van der Waals surface area contributed by atoms with Crippen molar-refractivity contribution in [3.8, 4) is 11.5 Å². The standard InChI is InChI=1S/C28H35N3O8S3/c1-19-16-31(20(2)18-32)27(33)15-21-14-22(29-41(34,35)28-6-5-13-40-28)7-12-25(21)39-26(19)17-30(3)42(36,37)24-10-8-23(38-4)9-11-24/h5-14,19-20,26,29,32H,15-18H2,1-4H3/t19-,20-,26+/m1/s1. The molecule has 11 nitrogen and oxygen atoms in total. The third kappa shape index (κ3) is 7.06. The second kappa shape index (κ2) is 13.0. The highest BCUT2D eigenvalue weighted by molar-refractivity contribution is 7.94. The van der Waals surface area contributed by atoms with Crippen LogP contribution in [-0.2, 0) is 31.3 Å². The predicted molar refractivity (Wildman–Crippen MR) is 160 cm³/mol. The predicted octanol–water partition coefficient (Wildman–Crippen LogP) is 3.03. The molecule has 0 unspecified atom stereocenters. The number of ether oxygens (including phenoxy) is 2. The van der Waals surface area contributed by atoms with E-state index in [1.807, 2.05) is 6.92 Å². The Kier molecular flexibility index (Phi) is 9.83. The fourth-order valence-corrected chi connectivity index (χ4v) is 7.84. The van der Waals surface area contributed by atoms with Crippen LogP contribution < -0.4 is 14.2 Å². The van der Waals surface area contributed by atoms with E-state index in [1.165, 1.54) is 36.7 Å². The molecule has 0 saturated carbocycles. The largest absolute Gasteiger partial charge is 0.497 e. The lowest BCUT2D eigenvalue weighted by Crippen LogP contribution is -2.48. The Morgan fingerprint density at radius 1 is 1.17 bits per heavy atom. The van der Waals surface area contributed by atoms with Gasteiger partial charge in [0.25, 0.3) is 10.0 Å². The summed E-state index contributed by atoms with van der Waals surface area (Å²) < 4.78 is 67.8. The summed E-state index contributed by atoms with van der Waals surface area (Å²) in [6.07, 6.45) is -0.789. The Balaban J connectivity index is 1.67. The van der Waals surface area contributed by atoms with Crippen LogP contribution in [0.25, 0.3) is 0 Å². The fourth-order valence-electron chi connectivity index (χ4n) is 4.61. The summed E-state index contributed by atoms with van der Waals surface area (Å²) in [5.41, 5.74) is 0.685. The van der Waals surface area contributed by atoms with Crippen molar-refractivity contribution in [3.63, 3.8) is 0 Å². The van der Waals surface area contributed by atoms with Gasteiger partial charge in [-0.15, -0.1) is 11.3 Å². The minimum atomic E-state index is -3.89. The van der Waals surface area contributed by atoms with Crippen molar-refractivity contribution in [2.75, 3.05) is 38.6 Å². The van der Waals surface area contributed by atoms with Crippen LogP contribution in [0, 0.1) is 5.92 Å². The highest BCUT2D eigenvalue weighted by atomic mass is 32.2. The van der Waals surface area contributed by atoms with E-state index in [2.05, 4.69) is 4.72 Å². The number of carbonyl (C=O) groups is 1. The average molecular weight is 638 g/mol. The lowest BCUT2D eigenvalue weighted by molar-refractivity contribution is -0.134. The Bertz CT molecular complexity index is 1590. The molecule has 1 amide bonds. The van der Waals surface area contributed by atoms with Crippen molar-refractivity contribution >= 4 is 43.0 Å². The molecule has 1 aliphatic rings. The lowest BCUT2D eigenvalue weighted by atomic mass is 10.0. The van der Waals surface area contributed by atoms with Crippen LogP contribution in [0.5, 0.6) is 11.5 Å². The molecule has 4 rings (SSSR count). The molecule has 0 bridgehead atoms. The number of anilines is 1. The van der Waals surface area contributed by atoms with Crippen LogP contribution in [0.2, 0.25) is 0 Å². The van der Waals surface area contributed by atoms with Gasteiger partial charge in [-0.3, -0.25) is 9.52 Å². The number of likely N-dealkylation sites (N-methyl/N-ethyl adjacent to an activating group) is 1. The molecule has 0 spiro atoms. The van der Waals surface area contributed by atoms with Crippen LogP contribution in [-0.4, -0.2) is 83.1 Å².